The number of nitrogens with zero attached hydrogens (tertiary/aromatic N) is 2. The number of hydrogen-bond acceptors (Lipinski definition) is 5. The highest BCUT2D eigenvalue weighted by atomic mass is 32.2. The van der Waals surface area contributed by atoms with Crippen molar-refractivity contribution < 1.29 is 4.79 Å². The summed E-state index contributed by atoms with van der Waals surface area (Å²) in [5, 5.41) is 5.03. The Balaban J connectivity index is 1.53. The molecule has 1 aromatic carbocycles. The topological polar surface area (TPSA) is 54.9 Å². The average Bonchev–Trinajstić information content (AvgIpc) is 2.98. The Morgan fingerprint density at radius 3 is 3.00 bits per heavy atom. The van der Waals surface area contributed by atoms with Crippen LogP contribution in [0.1, 0.15) is 23.8 Å². The number of nitrogens with one attached hydrogen (secondary N) is 1. The van der Waals surface area contributed by atoms with Gasteiger partial charge in [-0.05, 0) is 42.9 Å². The fraction of sp³-hybridized carbons (Fsp3) is 0.316. The number of fused-ring (bicyclic) bond motifs is 3. The molecule has 2 heterocycles. The molecular weight excluding hydrogens is 350 g/mol. The molecule has 128 valence electrons. The molecule has 25 heavy (non-hydrogen) atoms. The molecule has 0 bridgehead atoms. The fourth-order valence-electron chi connectivity index (χ4n) is 3.21. The van der Waals surface area contributed by atoms with Gasteiger partial charge in [0.25, 0.3) is 0 Å². The molecule has 0 saturated heterocycles. The normalized spacial score (nSPS) is 16.6. The van der Waals surface area contributed by atoms with E-state index in [-0.39, 0.29) is 5.91 Å². The maximum absolute atomic E-state index is 12.2. The van der Waals surface area contributed by atoms with Crippen molar-refractivity contribution in [2.24, 2.45) is 5.92 Å². The molecule has 0 radical (unpaired) electrons. The van der Waals surface area contributed by atoms with E-state index in [9.17, 15) is 4.79 Å². The van der Waals surface area contributed by atoms with Gasteiger partial charge in [0.2, 0.25) is 5.91 Å². The molecule has 0 unspecified atom stereocenters. The van der Waals surface area contributed by atoms with E-state index in [0.717, 1.165) is 34.3 Å². The molecule has 0 aliphatic heterocycles. The third kappa shape index (κ3) is 3.55. The van der Waals surface area contributed by atoms with E-state index in [1.54, 1.807) is 17.7 Å². The predicted octanol–water partition coefficient (Wildman–Crippen LogP) is 4.55. The number of hydrogen-bond donors (Lipinski definition) is 1. The lowest BCUT2D eigenvalue weighted by atomic mass is 9.89. The van der Waals surface area contributed by atoms with E-state index in [1.165, 1.54) is 34.0 Å². The zero-order valence-corrected chi connectivity index (χ0v) is 15.6. The summed E-state index contributed by atoms with van der Waals surface area (Å²) >= 11 is 3.29. The number of aryl methyl sites for hydroxylation is 1. The van der Waals surface area contributed by atoms with Gasteiger partial charge < -0.3 is 5.32 Å². The van der Waals surface area contributed by atoms with E-state index in [2.05, 4.69) is 22.2 Å². The quantitative estimate of drug-likeness (QED) is 0.541. The first-order valence-electron chi connectivity index (χ1n) is 8.43. The molecule has 1 aliphatic rings. The number of benzene rings is 1. The molecule has 0 spiro atoms. The minimum Gasteiger partial charge on any atom is -0.325 e. The molecule has 4 rings (SSSR count). The summed E-state index contributed by atoms with van der Waals surface area (Å²) in [5.41, 5.74) is 2.23. The van der Waals surface area contributed by atoms with E-state index in [4.69, 9.17) is 0 Å². The molecule has 1 atom stereocenters. The molecular formula is C19H19N3OS2. The van der Waals surface area contributed by atoms with E-state index in [0.29, 0.717) is 5.75 Å². The Bertz CT molecular complexity index is 908. The predicted molar refractivity (Wildman–Crippen MR) is 104 cm³/mol. The van der Waals surface area contributed by atoms with Gasteiger partial charge in [0, 0.05) is 16.0 Å². The van der Waals surface area contributed by atoms with Crippen molar-refractivity contribution >= 4 is 44.9 Å². The summed E-state index contributed by atoms with van der Waals surface area (Å²) < 4.78 is 0. The summed E-state index contributed by atoms with van der Waals surface area (Å²) in [7, 11) is 0. The van der Waals surface area contributed by atoms with Gasteiger partial charge in [-0.3, -0.25) is 4.79 Å². The second-order valence-electron chi connectivity index (χ2n) is 6.41. The maximum Gasteiger partial charge on any atom is 0.234 e. The molecule has 0 saturated carbocycles. The minimum absolute atomic E-state index is 0.0133. The molecule has 3 aromatic rings. The van der Waals surface area contributed by atoms with Crippen molar-refractivity contribution in [2.45, 2.75) is 31.2 Å². The van der Waals surface area contributed by atoms with Crippen LogP contribution in [0.25, 0.3) is 10.2 Å². The SMILES string of the molecule is C[C@@H]1CCc2c(sc3ncnc(SCC(=O)Nc4ccccc4)c23)C1. The lowest BCUT2D eigenvalue weighted by molar-refractivity contribution is -0.113. The third-order valence-electron chi connectivity index (χ3n) is 4.45. The van der Waals surface area contributed by atoms with Crippen molar-refractivity contribution in [1.82, 2.24) is 9.97 Å². The second-order valence-corrected chi connectivity index (χ2v) is 8.46. The number of thiophene rings is 1. The number of thioether (sulfide) groups is 1. The van der Waals surface area contributed by atoms with E-state index in [1.807, 2.05) is 30.3 Å². The number of amides is 1. The number of rotatable bonds is 4. The monoisotopic (exact) mass is 369 g/mol. The van der Waals surface area contributed by atoms with Gasteiger partial charge in [0.15, 0.2) is 0 Å². The van der Waals surface area contributed by atoms with Crippen LogP contribution >= 0.6 is 23.1 Å². The lowest BCUT2D eigenvalue weighted by Gasteiger charge is -2.18. The van der Waals surface area contributed by atoms with Crippen molar-refractivity contribution in [3.63, 3.8) is 0 Å². The van der Waals surface area contributed by atoms with Crippen LogP contribution in [0.3, 0.4) is 0 Å². The van der Waals surface area contributed by atoms with Crippen LogP contribution in [-0.4, -0.2) is 21.6 Å². The summed E-state index contributed by atoms with van der Waals surface area (Å²) in [5.74, 6) is 1.07. The number of aromatic nitrogens is 2. The zero-order valence-electron chi connectivity index (χ0n) is 14.0. The fourth-order valence-corrected chi connectivity index (χ4v) is 5.45. The van der Waals surface area contributed by atoms with Crippen LogP contribution in [0.15, 0.2) is 41.7 Å². The Hall–Kier alpha value is -1.92. The number of carbonyl (C=O) groups is 1. The van der Waals surface area contributed by atoms with Crippen LogP contribution in [0.4, 0.5) is 5.69 Å². The van der Waals surface area contributed by atoms with Crippen LogP contribution in [0.2, 0.25) is 0 Å². The number of para-hydroxylation sites is 1. The van der Waals surface area contributed by atoms with E-state index < -0.39 is 0 Å². The highest BCUT2D eigenvalue weighted by Gasteiger charge is 2.23. The molecule has 2 aromatic heterocycles. The summed E-state index contributed by atoms with van der Waals surface area (Å²) in [6.45, 7) is 2.31. The molecule has 0 fully saturated rings. The standard InChI is InChI=1S/C19H19N3OS2/c1-12-7-8-14-15(9-12)25-19-17(14)18(20-11-21-19)24-10-16(23)22-13-5-3-2-4-6-13/h2-6,11-12H,7-10H2,1H3,(H,22,23)/t12-/m1/s1. The van der Waals surface area contributed by atoms with Crippen LogP contribution < -0.4 is 5.32 Å². The smallest absolute Gasteiger partial charge is 0.234 e. The highest BCUT2D eigenvalue weighted by molar-refractivity contribution is 8.00. The molecule has 1 amide bonds. The molecule has 4 nitrogen and oxygen atoms in total. The zero-order chi connectivity index (χ0) is 17.2. The first-order valence-corrected chi connectivity index (χ1v) is 10.2. The van der Waals surface area contributed by atoms with Gasteiger partial charge in [0.05, 0.1) is 5.75 Å². The van der Waals surface area contributed by atoms with Crippen molar-refractivity contribution in [3.8, 4) is 0 Å². The van der Waals surface area contributed by atoms with Crippen LogP contribution in [0, 0.1) is 5.92 Å². The van der Waals surface area contributed by atoms with Crippen LogP contribution in [0.5, 0.6) is 0 Å². The van der Waals surface area contributed by atoms with Gasteiger partial charge in [-0.2, -0.15) is 0 Å². The minimum atomic E-state index is -0.0133. The first-order chi connectivity index (χ1) is 12.2. The molecule has 6 heteroatoms. The van der Waals surface area contributed by atoms with Crippen molar-refractivity contribution in [3.05, 3.63) is 47.1 Å². The average molecular weight is 370 g/mol. The van der Waals surface area contributed by atoms with Gasteiger partial charge in [-0.15, -0.1) is 11.3 Å². The third-order valence-corrected chi connectivity index (χ3v) is 6.61. The Morgan fingerprint density at radius 2 is 2.16 bits per heavy atom. The van der Waals surface area contributed by atoms with Crippen molar-refractivity contribution in [2.75, 3.05) is 11.1 Å². The summed E-state index contributed by atoms with van der Waals surface area (Å²) in [4.78, 5) is 23.6. The van der Waals surface area contributed by atoms with Gasteiger partial charge in [-0.1, -0.05) is 36.9 Å². The van der Waals surface area contributed by atoms with Gasteiger partial charge in [-0.25, -0.2) is 9.97 Å². The van der Waals surface area contributed by atoms with Crippen molar-refractivity contribution in [1.29, 1.82) is 0 Å². The Morgan fingerprint density at radius 1 is 1.32 bits per heavy atom. The molecule has 1 N–H and O–H groups in total. The first kappa shape index (κ1) is 16.5. The largest absolute Gasteiger partial charge is 0.325 e. The van der Waals surface area contributed by atoms with E-state index >= 15 is 0 Å². The number of anilines is 1. The van der Waals surface area contributed by atoms with Gasteiger partial charge in [0.1, 0.15) is 16.2 Å². The summed E-state index contributed by atoms with van der Waals surface area (Å²) in [6, 6.07) is 9.54. The molecule has 1 aliphatic carbocycles. The van der Waals surface area contributed by atoms with Crippen LogP contribution in [-0.2, 0) is 17.6 Å². The van der Waals surface area contributed by atoms with Gasteiger partial charge >= 0.3 is 0 Å². The Kier molecular flexibility index (Phi) is 4.72. The summed E-state index contributed by atoms with van der Waals surface area (Å²) in [6.07, 6.45) is 5.06. The number of carbonyl (C=O) groups excluding carboxylic acids is 1. The second kappa shape index (κ2) is 7.14. The highest BCUT2D eigenvalue weighted by Crippen LogP contribution is 2.40. The maximum atomic E-state index is 12.2. The lowest BCUT2D eigenvalue weighted by Crippen LogP contribution is -2.14. The Labute approximate surface area is 155 Å².